The van der Waals surface area contributed by atoms with Gasteiger partial charge in [-0.1, -0.05) is 18.2 Å². The second kappa shape index (κ2) is 11.5. The maximum absolute atomic E-state index is 12.1. The molecule has 0 amide bonds. The van der Waals surface area contributed by atoms with Crippen molar-refractivity contribution in [2.45, 2.75) is 16.0 Å². The van der Waals surface area contributed by atoms with Gasteiger partial charge in [0.05, 0.1) is 44.5 Å². The van der Waals surface area contributed by atoms with Crippen LogP contribution in [0.5, 0.6) is 0 Å². The van der Waals surface area contributed by atoms with E-state index in [2.05, 4.69) is 20.4 Å². The van der Waals surface area contributed by atoms with Gasteiger partial charge in [0, 0.05) is 12.1 Å². The Morgan fingerprint density at radius 1 is 0.930 bits per heavy atom. The van der Waals surface area contributed by atoms with Crippen LogP contribution in [0.2, 0.25) is 0 Å². The van der Waals surface area contributed by atoms with Crippen molar-refractivity contribution in [3.63, 3.8) is 0 Å². The number of rotatable bonds is 8. The molecule has 1 atom stereocenters. The second-order valence-corrected chi connectivity index (χ2v) is 13.2. The van der Waals surface area contributed by atoms with E-state index in [1.807, 2.05) is 24.3 Å². The molecule has 222 valence electrons. The molecule has 3 aromatic carbocycles. The molecule has 1 saturated heterocycles. The molecule has 6 rings (SSSR count). The molecule has 43 heavy (non-hydrogen) atoms. The number of ether oxygens (including phenoxy) is 1. The molecule has 3 N–H and O–H groups in total. The molecule has 1 aliphatic rings. The number of fused-ring (bicyclic) bond motifs is 1. The molecule has 14 nitrogen and oxygen atoms in total. The number of morpholine rings is 1. The number of thiazole rings is 1. The van der Waals surface area contributed by atoms with E-state index < -0.39 is 26.5 Å². The number of hydrogen-bond donors (Lipinski definition) is 3. The van der Waals surface area contributed by atoms with Crippen molar-refractivity contribution >= 4 is 59.1 Å². The molecule has 0 spiro atoms. The van der Waals surface area contributed by atoms with Crippen LogP contribution < -0.4 is 10.3 Å². The van der Waals surface area contributed by atoms with Crippen molar-refractivity contribution in [3.8, 4) is 10.6 Å². The van der Waals surface area contributed by atoms with E-state index in [0.717, 1.165) is 4.70 Å². The minimum Gasteiger partial charge on any atom is -0.355 e. The van der Waals surface area contributed by atoms with Gasteiger partial charge >= 0.3 is 0 Å². The topological polar surface area (TPSA) is 188 Å². The van der Waals surface area contributed by atoms with E-state index in [-0.39, 0.29) is 28.9 Å². The van der Waals surface area contributed by atoms with Crippen LogP contribution >= 0.6 is 11.3 Å². The van der Waals surface area contributed by atoms with Gasteiger partial charge in [-0.25, -0.2) is 24.9 Å². The van der Waals surface area contributed by atoms with Gasteiger partial charge in [-0.05, 0) is 48.5 Å². The Kier molecular flexibility index (Phi) is 7.77. The summed E-state index contributed by atoms with van der Waals surface area (Å²) in [5.74, 6) is 0.206. The summed E-state index contributed by atoms with van der Waals surface area (Å²) in [6, 6.07) is 17.4. The Hall–Kier alpha value is -4.10. The molecule has 3 heterocycles. The normalized spacial score (nSPS) is 16.3. The largest absolute Gasteiger partial charge is 0.355 e. The Morgan fingerprint density at radius 2 is 1.67 bits per heavy atom. The van der Waals surface area contributed by atoms with Crippen LogP contribution in [-0.2, 0) is 25.0 Å². The van der Waals surface area contributed by atoms with Crippen LogP contribution in [0.15, 0.2) is 89.2 Å². The van der Waals surface area contributed by atoms with Crippen LogP contribution in [0.1, 0.15) is 0 Å². The number of para-hydroxylation sites is 1. The molecule has 2 aromatic heterocycles. The Bertz CT molecular complexity index is 1980. The smallest absolute Gasteiger partial charge is 0.294 e. The van der Waals surface area contributed by atoms with E-state index in [1.54, 1.807) is 16.0 Å². The Labute approximate surface area is 250 Å². The number of nitrogens with zero attached hydrogens (tertiary/aromatic N) is 6. The fourth-order valence-electron chi connectivity index (χ4n) is 4.59. The van der Waals surface area contributed by atoms with Crippen molar-refractivity contribution in [1.29, 1.82) is 0 Å². The summed E-state index contributed by atoms with van der Waals surface area (Å²) in [4.78, 5) is 18.4. The highest BCUT2D eigenvalue weighted by Gasteiger charge is 2.32. The van der Waals surface area contributed by atoms with Crippen molar-refractivity contribution in [2.75, 3.05) is 30.0 Å². The summed E-state index contributed by atoms with van der Waals surface area (Å²) < 4.78 is 73.9. The third kappa shape index (κ3) is 6.32. The first-order valence-corrected chi connectivity index (χ1v) is 16.4. The van der Waals surface area contributed by atoms with Gasteiger partial charge < -0.3 is 10.2 Å². The lowest BCUT2D eigenvalue weighted by atomic mass is 10.1. The van der Waals surface area contributed by atoms with Gasteiger partial charge in [-0.3, -0.25) is 14.0 Å². The minimum atomic E-state index is -4.55. The monoisotopic (exact) mass is 641 g/mol. The van der Waals surface area contributed by atoms with Crippen LogP contribution in [-0.4, -0.2) is 76.8 Å². The van der Waals surface area contributed by atoms with E-state index in [0.29, 0.717) is 34.0 Å². The number of anilines is 3. The summed E-state index contributed by atoms with van der Waals surface area (Å²) in [6.45, 7) is 0.877. The van der Waals surface area contributed by atoms with Gasteiger partial charge in [0.25, 0.3) is 20.2 Å². The number of aromatic nitrogens is 4. The second-order valence-electron chi connectivity index (χ2n) is 9.34. The minimum absolute atomic E-state index is 0.206. The van der Waals surface area contributed by atoms with Gasteiger partial charge in [-0.2, -0.15) is 16.8 Å². The highest BCUT2D eigenvalue weighted by molar-refractivity contribution is 7.86. The summed E-state index contributed by atoms with van der Waals surface area (Å²) in [7, 11) is -8.94. The first-order chi connectivity index (χ1) is 20.6. The number of nitrogens with one attached hydrogen (secondary N) is 1. The molecular formula is C26H23N7O7S3. The number of hydrazine groups is 1. The van der Waals surface area contributed by atoms with Crippen molar-refractivity contribution in [2.24, 2.45) is 0 Å². The first-order valence-electron chi connectivity index (χ1n) is 12.7. The zero-order valence-corrected chi connectivity index (χ0v) is 24.5. The third-order valence-electron chi connectivity index (χ3n) is 6.50. The molecule has 0 radical (unpaired) electrons. The van der Waals surface area contributed by atoms with Crippen LogP contribution in [0.4, 0.5) is 17.3 Å². The van der Waals surface area contributed by atoms with Gasteiger partial charge in [-0.15, -0.1) is 11.3 Å². The van der Waals surface area contributed by atoms with E-state index in [1.165, 1.54) is 60.4 Å². The average Bonchev–Trinajstić information content (AvgIpc) is 3.42. The fourth-order valence-corrected chi connectivity index (χ4v) is 6.62. The Morgan fingerprint density at radius 3 is 2.42 bits per heavy atom. The fraction of sp³-hybridized carbons (Fsp3) is 0.154. The number of benzene rings is 3. The molecule has 1 unspecified atom stereocenters. The first kappa shape index (κ1) is 29.0. The highest BCUT2D eigenvalue weighted by atomic mass is 32.2. The van der Waals surface area contributed by atoms with E-state index >= 15 is 0 Å². The number of hydrogen-bond acceptors (Lipinski definition) is 13. The molecular weight excluding hydrogens is 619 g/mol. The predicted octanol–water partition coefficient (Wildman–Crippen LogP) is 3.47. The quantitative estimate of drug-likeness (QED) is 0.209. The van der Waals surface area contributed by atoms with Gasteiger partial charge in [0.1, 0.15) is 17.7 Å². The van der Waals surface area contributed by atoms with Crippen molar-refractivity contribution in [1.82, 2.24) is 24.9 Å². The molecule has 5 aromatic rings. The molecule has 1 aliphatic heterocycles. The van der Waals surface area contributed by atoms with Crippen LogP contribution in [0, 0.1) is 0 Å². The molecule has 0 aliphatic carbocycles. The highest BCUT2D eigenvalue weighted by Crippen LogP contribution is 2.40. The van der Waals surface area contributed by atoms with E-state index in [4.69, 9.17) is 9.72 Å². The SMILES string of the molecule is O=S(=O)(O)c1cccc(NN2CCOC(N(c3ncncn3)c3ccc(S(=O)(=O)O)cc3-c3nc4ccccc4s3)C2)c1. The maximum atomic E-state index is 12.1. The van der Waals surface area contributed by atoms with Gasteiger partial charge in [0.2, 0.25) is 5.95 Å². The summed E-state index contributed by atoms with van der Waals surface area (Å²) in [6.07, 6.45) is 1.90. The van der Waals surface area contributed by atoms with Crippen LogP contribution in [0.25, 0.3) is 20.8 Å². The van der Waals surface area contributed by atoms with Crippen molar-refractivity contribution < 1.29 is 30.7 Å². The lowest BCUT2D eigenvalue weighted by Gasteiger charge is -2.39. The molecule has 17 heteroatoms. The van der Waals surface area contributed by atoms with E-state index in [9.17, 15) is 25.9 Å². The molecule has 1 fully saturated rings. The summed E-state index contributed by atoms with van der Waals surface area (Å²) in [5.41, 5.74) is 5.14. The average molecular weight is 642 g/mol. The summed E-state index contributed by atoms with van der Waals surface area (Å²) >= 11 is 1.35. The zero-order valence-electron chi connectivity index (χ0n) is 22.0. The summed E-state index contributed by atoms with van der Waals surface area (Å²) in [5, 5.41) is 2.30. The molecule has 0 bridgehead atoms. The molecule has 0 saturated carbocycles. The maximum Gasteiger partial charge on any atom is 0.294 e. The standard InChI is InChI=1S/C26H23N7O7S3/c34-42(35,36)18-5-3-4-17(12-18)31-32-10-11-40-24(14-32)33(26-28-15-27-16-29-26)22-9-8-19(43(37,38)39)13-20(22)25-30-21-6-1-2-7-23(21)41-25/h1-9,12-13,15-16,24,31H,10-11,14H2,(H,34,35,36)(H,37,38,39). The predicted molar refractivity (Wildman–Crippen MR) is 158 cm³/mol. The zero-order chi connectivity index (χ0) is 30.2. The third-order valence-corrected chi connectivity index (χ3v) is 9.27. The van der Waals surface area contributed by atoms with Crippen LogP contribution in [0.3, 0.4) is 0 Å². The van der Waals surface area contributed by atoms with Gasteiger partial charge in [0.15, 0.2) is 6.23 Å². The Balaban J connectivity index is 1.42. The lowest BCUT2D eigenvalue weighted by Crippen LogP contribution is -2.52. The lowest BCUT2D eigenvalue weighted by molar-refractivity contribution is -0.0160. The van der Waals surface area contributed by atoms with Crippen molar-refractivity contribution in [3.05, 3.63) is 79.4 Å².